The number of hydrogen-bond acceptors (Lipinski definition) is 7. The average molecular weight is 785 g/mol. The number of ketones is 1. The normalized spacial score (nSPS) is 17.8. The lowest BCUT2D eigenvalue weighted by Gasteiger charge is -2.25. The van der Waals surface area contributed by atoms with Crippen molar-refractivity contribution in [1.29, 1.82) is 0 Å². The molecule has 0 radical (unpaired) electrons. The molecule has 9 nitrogen and oxygen atoms in total. The summed E-state index contributed by atoms with van der Waals surface area (Å²) in [6.07, 6.45) is 2.36. The van der Waals surface area contributed by atoms with Crippen molar-refractivity contribution in [2.75, 3.05) is 13.1 Å². The number of carbonyl (C=O) groups excluding carboxylic acids is 5. The van der Waals surface area contributed by atoms with Crippen molar-refractivity contribution in [3.8, 4) is 5.75 Å². The fourth-order valence-electron chi connectivity index (χ4n) is 6.25. The predicted molar refractivity (Wildman–Crippen MR) is 201 cm³/mol. The molecule has 0 saturated carbocycles. The zero-order valence-corrected chi connectivity index (χ0v) is 30.8. The van der Waals surface area contributed by atoms with Gasteiger partial charge in [-0.3, -0.25) is 29.3 Å². The van der Waals surface area contributed by atoms with E-state index in [1.165, 1.54) is 24.3 Å². The minimum atomic E-state index is -0.481. The third kappa shape index (κ3) is 8.51. The number of hydrogen-bond donors (Lipinski definition) is 2. The quantitative estimate of drug-likeness (QED) is 0.120. The first-order chi connectivity index (χ1) is 25.0. The van der Waals surface area contributed by atoms with Gasteiger partial charge in [0.15, 0.2) is 5.78 Å². The molecule has 2 atom stereocenters. The number of carbonyl (C=O) groups is 5. The number of amides is 4. The molecule has 0 spiro atoms. The van der Waals surface area contributed by atoms with Crippen LogP contribution in [0.2, 0.25) is 0 Å². The van der Waals surface area contributed by atoms with E-state index in [0.29, 0.717) is 29.2 Å². The van der Waals surface area contributed by atoms with Gasteiger partial charge < -0.3 is 15.0 Å². The van der Waals surface area contributed by atoms with Gasteiger partial charge in [-0.25, -0.2) is 4.39 Å². The van der Waals surface area contributed by atoms with Gasteiger partial charge in [0.05, 0.1) is 27.5 Å². The highest BCUT2D eigenvalue weighted by Gasteiger charge is 2.39. The van der Waals surface area contributed by atoms with Crippen LogP contribution in [0.15, 0.2) is 100 Å². The van der Waals surface area contributed by atoms with E-state index < -0.39 is 40.8 Å². The van der Waals surface area contributed by atoms with Crippen molar-refractivity contribution in [3.63, 3.8) is 0 Å². The van der Waals surface area contributed by atoms with E-state index in [0.717, 1.165) is 28.2 Å². The number of nitrogens with one attached hydrogen (secondary N) is 2. The van der Waals surface area contributed by atoms with E-state index in [1.54, 1.807) is 59.5 Å². The Morgan fingerprint density at radius 1 is 0.962 bits per heavy atom. The Balaban J connectivity index is 1.23. The molecule has 0 aromatic heterocycles. The van der Waals surface area contributed by atoms with Crippen LogP contribution in [0.3, 0.4) is 0 Å². The van der Waals surface area contributed by atoms with Crippen LogP contribution in [-0.4, -0.2) is 58.9 Å². The summed E-state index contributed by atoms with van der Waals surface area (Å²) in [5.41, 5.74) is 2.68. The molecule has 6 rings (SSSR count). The van der Waals surface area contributed by atoms with E-state index >= 15 is 0 Å². The smallest absolute Gasteiger partial charge is 0.290 e. The van der Waals surface area contributed by atoms with Gasteiger partial charge in [0, 0.05) is 29.7 Å². The predicted octanol–water partition coefficient (Wildman–Crippen LogP) is 7.43. The molecule has 4 aromatic rings. The number of benzene rings is 4. The monoisotopic (exact) mass is 783 g/mol. The highest BCUT2D eigenvalue weighted by Crippen LogP contribution is 2.34. The molecule has 266 valence electrons. The third-order valence-electron chi connectivity index (χ3n) is 8.72. The maximum absolute atomic E-state index is 14.4. The molecule has 4 amide bonds. The van der Waals surface area contributed by atoms with Crippen molar-refractivity contribution in [2.24, 2.45) is 5.92 Å². The number of halogens is 2. The summed E-state index contributed by atoms with van der Waals surface area (Å²) in [6, 6.07) is 23.7. The maximum Gasteiger partial charge on any atom is 0.290 e. The van der Waals surface area contributed by atoms with Crippen LogP contribution in [0, 0.1) is 11.7 Å². The van der Waals surface area contributed by atoms with Gasteiger partial charge in [-0.15, -0.1) is 0 Å². The SMILES string of the molecule is CC(C)Cc1cccc(Br)c1O[C@@H]1C[C@@H](CNC(=O)c2ccc(/C=C3/SC(=O)NC3=O)cc2)N(C(=O)c2ccccc2C(=O)c2ccc(F)cc2)C1. The topological polar surface area (TPSA) is 122 Å². The number of para-hydroxylation sites is 1. The van der Waals surface area contributed by atoms with Crippen molar-refractivity contribution in [3.05, 3.63) is 140 Å². The lowest BCUT2D eigenvalue weighted by molar-refractivity contribution is -0.115. The Hall–Kier alpha value is -5.07. The second-order valence-electron chi connectivity index (χ2n) is 13.0. The average Bonchev–Trinajstić information content (AvgIpc) is 3.68. The van der Waals surface area contributed by atoms with Crippen LogP contribution in [0.4, 0.5) is 9.18 Å². The number of nitrogens with zero attached hydrogens (tertiary/aromatic N) is 1. The van der Waals surface area contributed by atoms with Gasteiger partial charge in [-0.05, 0) is 106 Å². The van der Waals surface area contributed by atoms with E-state index in [2.05, 4.69) is 40.4 Å². The molecule has 2 N–H and O–H groups in total. The molecule has 12 heteroatoms. The van der Waals surface area contributed by atoms with Crippen molar-refractivity contribution in [2.45, 2.75) is 38.8 Å². The molecule has 0 aliphatic carbocycles. The Morgan fingerprint density at radius 3 is 2.33 bits per heavy atom. The number of rotatable bonds is 11. The van der Waals surface area contributed by atoms with E-state index in [4.69, 9.17) is 4.74 Å². The Morgan fingerprint density at radius 2 is 1.65 bits per heavy atom. The molecule has 2 aliphatic heterocycles. The number of ether oxygens (including phenoxy) is 1. The summed E-state index contributed by atoms with van der Waals surface area (Å²) < 4.78 is 21.0. The van der Waals surface area contributed by atoms with Gasteiger partial charge in [0.2, 0.25) is 0 Å². The van der Waals surface area contributed by atoms with Gasteiger partial charge in [-0.2, -0.15) is 0 Å². The second kappa shape index (κ2) is 16.1. The lowest BCUT2D eigenvalue weighted by atomic mass is 9.97. The highest BCUT2D eigenvalue weighted by molar-refractivity contribution is 9.10. The Labute approximate surface area is 313 Å². The van der Waals surface area contributed by atoms with Crippen LogP contribution in [0.5, 0.6) is 5.75 Å². The summed E-state index contributed by atoms with van der Waals surface area (Å²) >= 11 is 4.45. The second-order valence-corrected chi connectivity index (χ2v) is 14.8. The van der Waals surface area contributed by atoms with Gasteiger partial charge in [-0.1, -0.05) is 56.3 Å². The number of thioether (sulfide) groups is 1. The van der Waals surface area contributed by atoms with Crippen LogP contribution < -0.4 is 15.4 Å². The van der Waals surface area contributed by atoms with Crippen LogP contribution in [-0.2, 0) is 11.2 Å². The minimum absolute atomic E-state index is 0.109. The minimum Gasteiger partial charge on any atom is -0.487 e. The molecule has 0 unspecified atom stereocenters. The molecular formula is C40H35BrFN3O6S. The summed E-state index contributed by atoms with van der Waals surface area (Å²) in [7, 11) is 0. The van der Waals surface area contributed by atoms with Crippen LogP contribution in [0.25, 0.3) is 6.08 Å². The summed E-state index contributed by atoms with van der Waals surface area (Å²) in [5, 5.41) is 4.73. The molecule has 52 heavy (non-hydrogen) atoms. The summed E-state index contributed by atoms with van der Waals surface area (Å²) in [5.74, 6) is -1.02. The van der Waals surface area contributed by atoms with Crippen molar-refractivity contribution >= 4 is 62.5 Å². The zero-order valence-electron chi connectivity index (χ0n) is 28.4. The molecule has 2 saturated heterocycles. The fourth-order valence-corrected chi connectivity index (χ4v) is 7.43. The van der Waals surface area contributed by atoms with E-state index in [1.807, 2.05) is 18.2 Å². The molecule has 2 heterocycles. The summed E-state index contributed by atoms with van der Waals surface area (Å²) in [4.78, 5) is 66.6. The Kier molecular flexibility index (Phi) is 11.4. The largest absolute Gasteiger partial charge is 0.487 e. The van der Waals surface area contributed by atoms with Gasteiger partial charge in [0.1, 0.15) is 17.7 Å². The van der Waals surface area contributed by atoms with Gasteiger partial charge >= 0.3 is 0 Å². The molecule has 2 aliphatic rings. The highest BCUT2D eigenvalue weighted by atomic mass is 79.9. The van der Waals surface area contributed by atoms with E-state index in [9.17, 15) is 28.4 Å². The standard InChI is InChI=1S/C40H35BrFN3O6S/c1-23(2)18-27-6-5-9-33(41)36(27)51-30-20-29(21-43-37(47)26-12-10-24(11-13-26)19-34-38(48)44-40(50)52-34)45(22-30)39(49)32-8-4-3-7-31(32)35(46)25-14-16-28(42)17-15-25/h3-17,19,23,29-30H,18,20-22H2,1-2H3,(H,43,47)(H,44,48,50)/b34-19+/t29-,30+/m0/s1. The maximum atomic E-state index is 14.4. The molecule has 0 bridgehead atoms. The van der Waals surface area contributed by atoms with Crippen LogP contribution in [0.1, 0.15) is 68.0 Å². The number of likely N-dealkylation sites (tertiary alicyclic amines) is 1. The van der Waals surface area contributed by atoms with E-state index in [-0.39, 0.29) is 40.6 Å². The first-order valence-electron chi connectivity index (χ1n) is 16.7. The Bertz CT molecular complexity index is 2070. The molecule has 4 aromatic carbocycles. The zero-order chi connectivity index (χ0) is 36.9. The van der Waals surface area contributed by atoms with Crippen LogP contribution >= 0.6 is 27.7 Å². The first kappa shape index (κ1) is 36.7. The fraction of sp³-hybridized carbons (Fsp3) is 0.225. The molecular weight excluding hydrogens is 749 g/mol. The van der Waals surface area contributed by atoms with Gasteiger partial charge in [0.25, 0.3) is 23.0 Å². The molecule has 2 fully saturated rings. The van der Waals surface area contributed by atoms with Crippen molar-refractivity contribution in [1.82, 2.24) is 15.5 Å². The van der Waals surface area contributed by atoms with Crippen molar-refractivity contribution < 1.29 is 33.1 Å². The lowest BCUT2D eigenvalue weighted by Crippen LogP contribution is -2.43. The first-order valence-corrected chi connectivity index (χ1v) is 18.3. The number of imide groups is 1. The summed E-state index contributed by atoms with van der Waals surface area (Å²) in [6.45, 7) is 4.57. The third-order valence-corrected chi connectivity index (χ3v) is 10.2.